The molecule has 0 saturated carbocycles. The summed E-state index contributed by atoms with van der Waals surface area (Å²) in [5.74, 6) is 1.80. The first-order valence-corrected chi connectivity index (χ1v) is 7.68. The molecule has 0 aromatic rings. The van der Waals surface area contributed by atoms with Gasteiger partial charge in [0, 0.05) is 26.8 Å². The zero-order valence-corrected chi connectivity index (χ0v) is 12.4. The van der Waals surface area contributed by atoms with Gasteiger partial charge in [0.1, 0.15) is 0 Å². The second kappa shape index (κ2) is 7.25. The maximum Gasteiger partial charge on any atom is 0.236 e. The number of hydrogen-bond acceptors (Lipinski definition) is 3. The highest BCUT2D eigenvalue weighted by Gasteiger charge is 2.25. The number of likely N-dealkylation sites (tertiary alicyclic amines) is 2. The van der Waals surface area contributed by atoms with Crippen molar-refractivity contribution in [2.24, 2.45) is 11.8 Å². The maximum atomic E-state index is 12.3. The molecule has 2 rings (SSSR count). The summed E-state index contributed by atoms with van der Waals surface area (Å²) >= 11 is 0. The Kier molecular flexibility index (Phi) is 5.64. The molecule has 2 aliphatic heterocycles. The fourth-order valence-corrected chi connectivity index (χ4v) is 3.10. The lowest BCUT2D eigenvalue weighted by atomic mass is 9.97. The third-order valence-corrected chi connectivity index (χ3v) is 4.60. The Balaban J connectivity index is 1.69. The van der Waals surface area contributed by atoms with Crippen LogP contribution in [0.1, 0.15) is 32.6 Å². The number of hydrogen-bond donors (Lipinski definition) is 0. The number of ether oxygens (including phenoxy) is 1. The molecule has 0 radical (unpaired) electrons. The summed E-state index contributed by atoms with van der Waals surface area (Å²) in [5, 5.41) is 0. The topological polar surface area (TPSA) is 32.8 Å². The smallest absolute Gasteiger partial charge is 0.236 e. The quantitative estimate of drug-likeness (QED) is 0.776. The predicted octanol–water partition coefficient (Wildman–Crippen LogP) is 1.60. The van der Waals surface area contributed by atoms with Crippen molar-refractivity contribution < 1.29 is 9.53 Å². The minimum absolute atomic E-state index is 0.324. The van der Waals surface area contributed by atoms with Crippen LogP contribution in [0.2, 0.25) is 0 Å². The molecule has 19 heavy (non-hydrogen) atoms. The van der Waals surface area contributed by atoms with Gasteiger partial charge in [-0.05, 0) is 50.6 Å². The van der Waals surface area contributed by atoms with E-state index in [2.05, 4.69) is 11.8 Å². The summed E-state index contributed by atoms with van der Waals surface area (Å²) in [6.45, 7) is 7.78. The van der Waals surface area contributed by atoms with Gasteiger partial charge in [-0.2, -0.15) is 0 Å². The van der Waals surface area contributed by atoms with Crippen molar-refractivity contribution in [1.82, 2.24) is 9.80 Å². The molecule has 4 nitrogen and oxygen atoms in total. The zero-order chi connectivity index (χ0) is 13.7. The van der Waals surface area contributed by atoms with Crippen LogP contribution in [0.15, 0.2) is 0 Å². The van der Waals surface area contributed by atoms with Crippen LogP contribution in [0.3, 0.4) is 0 Å². The van der Waals surface area contributed by atoms with Crippen LogP contribution in [0, 0.1) is 11.8 Å². The van der Waals surface area contributed by atoms with E-state index in [1.54, 1.807) is 7.11 Å². The Hall–Kier alpha value is -0.610. The van der Waals surface area contributed by atoms with Gasteiger partial charge in [0.15, 0.2) is 0 Å². The molecule has 0 bridgehead atoms. The minimum Gasteiger partial charge on any atom is -0.384 e. The number of methoxy groups -OCH3 is 1. The highest BCUT2D eigenvalue weighted by atomic mass is 16.5. The fraction of sp³-hybridized carbons (Fsp3) is 0.933. The Labute approximate surface area is 117 Å². The summed E-state index contributed by atoms with van der Waals surface area (Å²) in [7, 11) is 1.76. The number of amides is 1. The van der Waals surface area contributed by atoms with Crippen LogP contribution in [-0.4, -0.2) is 62.1 Å². The number of carbonyl (C=O) groups excluding carboxylic acids is 1. The van der Waals surface area contributed by atoms with Gasteiger partial charge in [0.2, 0.25) is 5.91 Å². The lowest BCUT2D eigenvalue weighted by molar-refractivity contribution is -0.134. The first-order valence-electron chi connectivity index (χ1n) is 7.68. The van der Waals surface area contributed by atoms with E-state index in [-0.39, 0.29) is 0 Å². The molecule has 2 fully saturated rings. The molecular weight excluding hydrogens is 240 g/mol. The average molecular weight is 268 g/mol. The molecule has 2 heterocycles. The van der Waals surface area contributed by atoms with E-state index in [0.717, 1.165) is 51.5 Å². The highest BCUT2D eigenvalue weighted by Crippen LogP contribution is 2.19. The summed E-state index contributed by atoms with van der Waals surface area (Å²) in [5.41, 5.74) is 0. The molecule has 1 amide bonds. The molecule has 4 heteroatoms. The Morgan fingerprint density at radius 1 is 1.11 bits per heavy atom. The normalized spacial score (nSPS) is 23.8. The van der Waals surface area contributed by atoms with E-state index >= 15 is 0 Å². The van der Waals surface area contributed by atoms with E-state index in [4.69, 9.17) is 4.74 Å². The van der Waals surface area contributed by atoms with E-state index < -0.39 is 0 Å². The monoisotopic (exact) mass is 268 g/mol. The van der Waals surface area contributed by atoms with Gasteiger partial charge in [-0.3, -0.25) is 9.69 Å². The first kappa shape index (κ1) is 14.8. The lowest BCUT2D eigenvalue weighted by Gasteiger charge is -2.35. The van der Waals surface area contributed by atoms with Crippen LogP contribution in [0.5, 0.6) is 0 Å². The van der Waals surface area contributed by atoms with Crippen molar-refractivity contribution in [3.05, 3.63) is 0 Å². The number of piperidine rings is 2. The van der Waals surface area contributed by atoms with E-state index in [9.17, 15) is 4.79 Å². The second-order valence-electron chi connectivity index (χ2n) is 6.24. The van der Waals surface area contributed by atoms with Crippen molar-refractivity contribution in [3.8, 4) is 0 Å². The Morgan fingerprint density at radius 3 is 2.32 bits per heavy atom. The van der Waals surface area contributed by atoms with E-state index in [1.165, 1.54) is 12.8 Å². The average Bonchev–Trinajstić information content (AvgIpc) is 2.42. The molecule has 0 aliphatic carbocycles. The predicted molar refractivity (Wildman–Crippen MR) is 76.0 cm³/mol. The third-order valence-electron chi connectivity index (χ3n) is 4.60. The fourth-order valence-electron chi connectivity index (χ4n) is 3.10. The largest absolute Gasteiger partial charge is 0.384 e. The Bertz CT molecular complexity index is 280. The summed E-state index contributed by atoms with van der Waals surface area (Å²) in [6.07, 6.45) is 4.67. The molecular formula is C15H28N2O2. The number of nitrogens with zero attached hydrogens (tertiary/aromatic N) is 2. The van der Waals surface area contributed by atoms with Crippen molar-refractivity contribution in [3.63, 3.8) is 0 Å². The van der Waals surface area contributed by atoms with Gasteiger partial charge in [0.05, 0.1) is 6.54 Å². The summed E-state index contributed by atoms with van der Waals surface area (Å²) < 4.78 is 5.20. The van der Waals surface area contributed by atoms with Gasteiger partial charge < -0.3 is 9.64 Å². The van der Waals surface area contributed by atoms with E-state index in [1.807, 2.05) is 4.90 Å². The van der Waals surface area contributed by atoms with E-state index in [0.29, 0.717) is 18.4 Å². The van der Waals surface area contributed by atoms with Crippen molar-refractivity contribution in [2.45, 2.75) is 32.6 Å². The van der Waals surface area contributed by atoms with Crippen LogP contribution >= 0.6 is 0 Å². The van der Waals surface area contributed by atoms with Gasteiger partial charge in [-0.1, -0.05) is 6.92 Å². The maximum absolute atomic E-state index is 12.3. The lowest BCUT2D eigenvalue weighted by Crippen LogP contribution is -2.46. The third kappa shape index (κ3) is 4.46. The molecule has 2 saturated heterocycles. The first-order chi connectivity index (χ1) is 9.19. The standard InChI is InChI=1S/C15H28N2O2/c1-13-3-7-16(8-4-13)11-15(18)17-9-5-14(6-10-17)12-19-2/h13-14H,3-12H2,1-2H3. The van der Waals surface area contributed by atoms with Crippen molar-refractivity contribution in [1.29, 1.82) is 0 Å². The SMILES string of the molecule is COCC1CCN(C(=O)CN2CCC(C)CC2)CC1. The highest BCUT2D eigenvalue weighted by molar-refractivity contribution is 5.78. The molecule has 0 aromatic carbocycles. The van der Waals surface area contributed by atoms with Crippen LogP contribution in [0.4, 0.5) is 0 Å². The molecule has 0 aromatic heterocycles. The van der Waals surface area contributed by atoms with Gasteiger partial charge in [-0.25, -0.2) is 0 Å². The molecule has 110 valence electrons. The van der Waals surface area contributed by atoms with Crippen molar-refractivity contribution >= 4 is 5.91 Å². The summed E-state index contributed by atoms with van der Waals surface area (Å²) in [4.78, 5) is 16.6. The van der Waals surface area contributed by atoms with Gasteiger partial charge >= 0.3 is 0 Å². The van der Waals surface area contributed by atoms with Crippen LogP contribution < -0.4 is 0 Å². The van der Waals surface area contributed by atoms with Crippen LogP contribution in [0.25, 0.3) is 0 Å². The number of carbonyl (C=O) groups is 1. The molecule has 0 atom stereocenters. The Morgan fingerprint density at radius 2 is 1.74 bits per heavy atom. The molecule has 0 spiro atoms. The van der Waals surface area contributed by atoms with Gasteiger partial charge in [-0.15, -0.1) is 0 Å². The molecule has 0 N–H and O–H groups in total. The summed E-state index contributed by atoms with van der Waals surface area (Å²) in [6, 6.07) is 0. The van der Waals surface area contributed by atoms with Gasteiger partial charge in [0.25, 0.3) is 0 Å². The minimum atomic E-state index is 0.324. The number of rotatable bonds is 4. The second-order valence-corrected chi connectivity index (χ2v) is 6.24. The van der Waals surface area contributed by atoms with Crippen molar-refractivity contribution in [2.75, 3.05) is 46.4 Å². The molecule has 2 aliphatic rings. The zero-order valence-electron chi connectivity index (χ0n) is 12.4. The molecule has 0 unspecified atom stereocenters. The van der Waals surface area contributed by atoms with Crippen LogP contribution in [-0.2, 0) is 9.53 Å².